The van der Waals surface area contributed by atoms with Crippen molar-refractivity contribution in [1.29, 1.82) is 0 Å². The van der Waals surface area contributed by atoms with Gasteiger partial charge in [-0.05, 0) is 30.0 Å². The highest BCUT2D eigenvalue weighted by molar-refractivity contribution is 8.05. The zero-order chi connectivity index (χ0) is 12.9. The fourth-order valence-electron chi connectivity index (χ4n) is 1.85. The van der Waals surface area contributed by atoms with E-state index in [2.05, 4.69) is 19.9 Å². The summed E-state index contributed by atoms with van der Waals surface area (Å²) in [5, 5.41) is 0. The van der Waals surface area contributed by atoms with E-state index < -0.39 is 6.07 Å². The molecular formula is C12H17Cl2O2P. The molecule has 0 aromatic heterocycles. The molecule has 0 atom stereocenters. The van der Waals surface area contributed by atoms with E-state index in [1.165, 1.54) is 5.56 Å². The van der Waals surface area contributed by atoms with Crippen LogP contribution < -0.4 is 4.52 Å². The van der Waals surface area contributed by atoms with Crippen molar-refractivity contribution in [2.24, 2.45) is 0 Å². The number of aryl methyl sites for hydroxylation is 1. The van der Waals surface area contributed by atoms with E-state index in [0.717, 1.165) is 31.2 Å². The highest BCUT2D eigenvalue weighted by atomic mass is 35.9. The van der Waals surface area contributed by atoms with Crippen molar-refractivity contribution in [3.63, 3.8) is 0 Å². The lowest BCUT2D eigenvalue weighted by molar-refractivity contribution is 0.509. The van der Waals surface area contributed by atoms with Crippen LogP contribution in [0.25, 0.3) is 0 Å². The molecule has 0 saturated heterocycles. The van der Waals surface area contributed by atoms with Gasteiger partial charge in [-0.2, -0.15) is 0 Å². The Morgan fingerprint density at radius 2 is 1.82 bits per heavy atom. The fraction of sp³-hybridized carbons (Fsp3) is 0.500. The van der Waals surface area contributed by atoms with Crippen molar-refractivity contribution < 1.29 is 9.09 Å². The topological polar surface area (TPSA) is 26.3 Å². The van der Waals surface area contributed by atoms with E-state index in [0.29, 0.717) is 5.75 Å². The third kappa shape index (κ3) is 4.91. The summed E-state index contributed by atoms with van der Waals surface area (Å²) < 4.78 is 16.5. The average molecular weight is 295 g/mol. The maximum atomic E-state index is 11.3. The summed E-state index contributed by atoms with van der Waals surface area (Å²) in [7, 11) is 0. The summed E-state index contributed by atoms with van der Waals surface area (Å²) in [6, 6.07) is 5.71. The van der Waals surface area contributed by atoms with E-state index in [-0.39, 0.29) is 0 Å². The van der Waals surface area contributed by atoms with Crippen LogP contribution in [0.2, 0.25) is 0 Å². The largest absolute Gasteiger partial charge is 0.428 e. The Bertz CT molecular complexity index is 415. The zero-order valence-corrected chi connectivity index (χ0v) is 12.5. The highest BCUT2D eigenvalue weighted by Gasteiger charge is 2.19. The van der Waals surface area contributed by atoms with Crippen LogP contribution in [0.4, 0.5) is 0 Å². The van der Waals surface area contributed by atoms with Gasteiger partial charge < -0.3 is 4.52 Å². The number of hydrogen-bond donors (Lipinski definition) is 0. The van der Waals surface area contributed by atoms with Crippen LogP contribution in [-0.4, -0.2) is 0 Å². The van der Waals surface area contributed by atoms with E-state index in [1.54, 1.807) is 6.07 Å². The molecule has 1 rings (SSSR count). The average Bonchev–Trinajstić information content (AvgIpc) is 2.21. The molecule has 0 fully saturated rings. The van der Waals surface area contributed by atoms with Gasteiger partial charge in [0, 0.05) is 22.5 Å². The van der Waals surface area contributed by atoms with Gasteiger partial charge in [0.2, 0.25) is 0 Å². The van der Waals surface area contributed by atoms with Crippen LogP contribution in [0.3, 0.4) is 0 Å². The molecule has 0 amide bonds. The Morgan fingerprint density at radius 1 is 1.18 bits per heavy atom. The lowest BCUT2D eigenvalue weighted by atomic mass is 9.99. The minimum Gasteiger partial charge on any atom is -0.422 e. The SMILES string of the molecule is CCCc1cccc(OP(=O)(Cl)Cl)c1CCC. The van der Waals surface area contributed by atoms with Crippen molar-refractivity contribution in [1.82, 2.24) is 0 Å². The predicted molar refractivity (Wildman–Crippen MR) is 74.4 cm³/mol. The van der Waals surface area contributed by atoms with Gasteiger partial charge in [-0.1, -0.05) is 38.8 Å². The Labute approximate surface area is 112 Å². The molecular weight excluding hydrogens is 278 g/mol. The second-order valence-corrected chi connectivity index (χ2v) is 8.10. The van der Waals surface area contributed by atoms with Crippen LogP contribution in [0.1, 0.15) is 37.8 Å². The summed E-state index contributed by atoms with van der Waals surface area (Å²) in [6.45, 7) is 4.21. The van der Waals surface area contributed by atoms with Crippen LogP contribution in [0.5, 0.6) is 5.75 Å². The first-order chi connectivity index (χ1) is 7.98. The monoisotopic (exact) mass is 294 g/mol. The third-order valence-electron chi connectivity index (χ3n) is 2.45. The zero-order valence-electron chi connectivity index (χ0n) is 10.1. The first-order valence-electron chi connectivity index (χ1n) is 5.77. The Hall–Kier alpha value is -0.170. The van der Waals surface area contributed by atoms with Crippen molar-refractivity contribution in [3.8, 4) is 5.75 Å². The maximum absolute atomic E-state index is 11.3. The van der Waals surface area contributed by atoms with Crippen molar-refractivity contribution >= 4 is 28.6 Å². The molecule has 0 aliphatic heterocycles. The van der Waals surface area contributed by atoms with Gasteiger partial charge >= 0.3 is 6.07 Å². The van der Waals surface area contributed by atoms with Crippen molar-refractivity contribution in [3.05, 3.63) is 29.3 Å². The molecule has 96 valence electrons. The van der Waals surface area contributed by atoms with E-state index >= 15 is 0 Å². The predicted octanol–water partition coefficient (Wildman–Crippen LogP) is 5.56. The maximum Gasteiger partial charge on any atom is 0.428 e. The Kier molecular flexibility index (Phi) is 5.85. The summed E-state index contributed by atoms with van der Waals surface area (Å²) in [6.07, 6.45) is 0.363. The van der Waals surface area contributed by atoms with Gasteiger partial charge in [0.1, 0.15) is 5.75 Å². The number of halogens is 2. The van der Waals surface area contributed by atoms with Crippen LogP contribution in [0.15, 0.2) is 18.2 Å². The molecule has 0 saturated carbocycles. The van der Waals surface area contributed by atoms with Gasteiger partial charge in [0.15, 0.2) is 0 Å². The summed E-state index contributed by atoms with van der Waals surface area (Å²) in [5.41, 5.74) is 2.28. The lowest BCUT2D eigenvalue weighted by Crippen LogP contribution is -1.97. The molecule has 5 heteroatoms. The van der Waals surface area contributed by atoms with Crippen LogP contribution >= 0.6 is 28.6 Å². The molecule has 0 spiro atoms. The molecule has 0 bridgehead atoms. The first kappa shape index (κ1) is 14.9. The normalized spacial score (nSPS) is 11.5. The van der Waals surface area contributed by atoms with E-state index in [4.69, 9.17) is 27.0 Å². The van der Waals surface area contributed by atoms with Crippen molar-refractivity contribution in [2.45, 2.75) is 39.5 Å². The number of benzene rings is 1. The van der Waals surface area contributed by atoms with Gasteiger partial charge in [-0.3, -0.25) is 0 Å². The Morgan fingerprint density at radius 3 is 2.35 bits per heavy atom. The Balaban J connectivity index is 3.10. The third-order valence-corrected chi connectivity index (χ3v) is 3.28. The first-order valence-corrected chi connectivity index (χ1v) is 9.21. The van der Waals surface area contributed by atoms with Crippen molar-refractivity contribution in [2.75, 3.05) is 0 Å². The standard InChI is InChI=1S/C12H17Cl2O2P/c1-3-6-10-8-5-9-12(11(10)7-4-2)16-17(13,14)15/h5,8-9H,3-4,6-7H2,1-2H3. The van der Waals surface area contributed by atoms with Gasteiger partial charge in [0.05, 0.1) is 0 Å². The molecule has 0 radical (unpaired) electrons. The second kappa shape index (κ2) is 6.68. The molecule has 1 aromatic carbocycles. The lowest BCUT2D eigenvalue weighted by Gasteiger charge is -2.15. The molecule has 2 nitrogen and oxygen atoms in total. The fourth-order valence-corrected chi connectivity index (χ4v) is 2.69. The second-order valence-electron chi connectivity index (χ2n) is 3.90. The highest BCUT2D eigenvalue weighted by Crippen LogP contribution is 2.57. The molecule has 17 heavy (non-hydrogen) atoms. The minimum atomic E-state index is -3.53. The van der Waals surface area contributed by atoms with Crippen LogP contribution in [-0.2, 0) is 17.4 Å². The molecule has 0 aliphatic carbocycles. The van der Waals surface area contributed by atoms with E-state index in [9.17, 15) is 4.57 Å². The smallest absolute Gasteiger partial charge is 0.422 e. The number of rotatable bonds is 6. The van der Waals surface area contributed by atoms with Crippen LogP contribution in [0, 0.1) is 0 Å². The quantitative estimate of drug-likeness (QED) is 0.642. The van der Waals surface area contributed by atoms with Gasteiger partial charge in [-0.15, -0.1) is 0 Å². The van der Waals surface area contributed by atoms with Gasteiger partial charge in [0.25, 0.3) is 0 Å². The molecule has 0 heterocycles. The van der Waals surface area contributed by atoms with E-state index in [1.807, 2.05) is 6.07 Å². The molecule has 0 aliphatic rings. The minimum absolute atomic E-state index is 0.547. The number of hydrogen-bond acceptors (Lipinski definition) is 2. The summed E-state index contributed by atoms with van der Waals surface area (Å²) in [4.78, 5) is 0. The molecule has 1 aromatic rings. The summed E-state index contributed by atoms with van der Waals surface area (Å²) in [5.74, 6) is 0.547. The molecule has 0 N–H and O–H groups in total. The summed E-state index contributed by atoms with van der Waals surface area (Å²) >= 11 is 10.9. The molecule has 0 unspecified atom stereocenters. The van der Waals surface area contributed by atoms with Gasteiger partial charge in [-0.25, -0.2) is 4.57 Å².